The molecule has 0 saturated heterocycles. The molecule has 0 aliphatic heterocycles. The number of halogens is 3. The summed E-state index contributed by atoms with van der Waals surface area (Å²) < 4.78 is 26.1. The van der Waals surface area contributed by atoms with Crippen molar-refractivity contribution >= 4 is 48.5 Å². The summed E-state index contributed by atoms with van der Waals surface area (Å²) in [5.41, 5.74) is 0. The Hall–Kier alpha value is 2.96. The molecule has 0 atom stereocenters. The number of hydrogen-bond donors (Lipinski definition) is 0. The van der Waals surface area contributed by atoms with Crippen molar-refractivity contribution in [1.29, 1.82) is 0 Å². The first-order valence-electron chi connectivity index (χ1n) is 1.38. The van der Waals surface area contributed by atoms with Gasteiger partial charge in [-0.25, -0.2) is 0 Å². The average molecular weight is 232 g/mol. The molecule has 0 heterocycles. The molecular weight excluding hydrogens is 232 g/mol. The summed E-state index contributed by atoms with van der Waals surface area (Å²) in [7, 11) is -3.67. The molecule has 56 valence electrons. The van der Waals surface area contributed by atoms with E-state index in [2.05, 4.69) is 36.3 Å². The van der Waals surface area contributed by atoms with Crippen LogP contribution in [0.5, 0.6) is 0 Å². The van der Waals surface area contributed by atoms with Gasteiger partial charge in [0.2, 0.25) is 0 Å². The molecule has 0 N–H and O–H groups in total. The minimum absolute atomic E-state index is 0. The number of rotatable bonds is 0. The SMILES string of the molecule is FB(F)F.[Li+].[Li+].[Li+].[O-]P(=S)([S-])[S-]. The first-order chi connectivity index (χ1) is 3.73. The third-order valence-corrected chi connectivity index (χ3v) is 0. The predicted octanol–water partition coefficient (Wildman–Crippen LogP) is -8.44. The Kier molecular flexibility index (Phi) is 40.1. The minimum Gasteiger partial charge on any atom is -0.856 e. The van der Waals surface area contributed by atoms with Crippen LogP contribution in [0.15, 0.2) is 0 Å². The zero-order valence-electron chi connectivity index (χ0n) is 6.79. The first kappa shape index (κ1) is 29.4. The smallest absolute Gasteiger partial charge is 0.856 e. The second-order valence-electron chi connectivity index (χ2n) is 0.695. The van der Waals surface area contributed by atoms with Crippen molar-refractivity contribution in [1.82, 2.24) is 0 Å². The fraction of sp³-hybridized carbons (Fsp3) is 0. The molecule has 0 rings (SSSR count). The topological polar surface area (TPSA) is 23.1 Å². The Morgan fingerprint density at radius 2 is 1.08 bits per heavy atom. The first-order valence-corrected chi connectivity index (χ1v) is 6.13. The fourth-order valence-electron chi connectivity index (χ4n) is 0. The van der Waals surface area contributed by atoms with Crippen molar-refractivity contribution in [2.24, 2.45) is 0 Å². The third-order valence-electron chi connectivity index (χ3n) is 0. The van der Waals surface area contributed by atoms with Gasteiger partial charge in [0.15, 0.2) is 0 Å². The van der Waals surface area contributed by atoms with Crippen molar-refractivity contribution in [3.63, 3.8) is 0 Å². The minimum atomic E-state index is -3.67. The van der Waals surface area contributed by atoms with E-state index in [1.165, 1.54) is 0 Å². The quantitative estimate of drug-likeness (QED) is 0.235. The molecule has 12 heavy (non-hydrogen) atoms. The van der Waals surface area contributed by atoms with Crippen LogP contribution in [0.3, 0.4) is 0 Å². The summed E-state index contributed by atoms with van der Waals surface area (Å²) in [6, 6.07) is 0. The van der Waals surface area contributed by atoms with Gasteiger partial charge in [-0.1, -0.05) is 0 Å². The summed E-state index contributed by atoms with van der Waals surface area (Å²) in [4.78, 5) is 9.66. The van der Waals surface area contributed by atoms with E-state index in [0.717, 1.165) is 0 Å². The predicted molar refractivity (Wildman–Crippen MR) is 38.1 cm³/mol. The molecule has 1 nitrogen and oxygen atoms in total. The van der Waals surface area contributed by atoms with Crippen LogP contribution in [0, 0.1) is 0 Å². The normalized spacial score (nSPS) is 7.17. The van der Waals surface area contributed by atoms with Crippen LogP contribution >= 0.6 is 4.67 Å². The molecule has 0 aromatic heterocycles. The van der Waals surface area contributed by atoms with Crippen LogP contribution in [0.25, 0.3) is 0 Å². The van der Waals surface area contributed by atoms with Crippen molar-refractivity contribution in [3.8, 4) is 0 Å². The van der Waals surface area contributed by atoms with Gasteiger partial charge in [0, 0.05) is 0 Å². The van der Waals surface area contributed by atoms with Crippen LogP contribution in [0.2, 0.25) is 0 Å². The maximum absolute atomic E-state index is 9.67. The van der Waals surface area contributed by atoms with Gasteiger partial charge in [-0.2, -0.15) is 11.8 Å². The molecule has 0 unspecified atom stereocenters. The van der Waals surface area contributed by atoms with Crippen molar-refractivity contribution in [2.45, 2.75) is 0 Å². The van der Waals surface area contributed by atoms with E-state index in [1.807, 2.05) is 0 Å². The van der Waals surface area contributed by atoms with E-state index in [0.29, 0.717) is 0 Å². The van der Waals surface area contributed by atoms with Crippen LogP contribution in [-0.2, 0) is 36.3 Å². The summed E-state index contributed by atoms with van der Waals surface area (Å²) in [5.74, 6) is 0. The molecule has 0 aromatic rings. The largest absolute Gasteiger partial charge is 1.00 e. The Morgan fingerprint density at radius 3 is 1.08 bits per heavy atom. The van der Waals surface area contributed by atoms with Crippen molar-refractivity contribution in [2.75, 3.05) is 0 Å². The summed E-state index contributed by atoms with van der Waals surface area (Å²) >= 11 is 12.0. The van der Waals surface area contributed by atoms with Gasteiger partial charge in [-0.15, -0.1) is 0 Å². The van der Waals surface area contributed by atoms with Crippen molar-refractivity contribution in [3.05, 3.63) is 0 Å². The molecule has 0 fully saturated rings. The van der Waals surface area contributed by atoms with Gasteiger partial charge in [-0.3, -0.25) is 12.9 Å². The standard InChI is InChI=1S/BF3.3Li.H3OPS3/c2-1(3)4;;;;1-2(3,4)5/h;;;;(H3,1,3,4,5)/q;3*+1;/p-3. The second-order valence-corrected chi connectivity index (χ2v) is 8.30. The van der Waals surface area contributed by atoms with Gasteiger partial charge in [0.1, 0.15) is 0 Å². The molecule has 0 spiro atoms. The molecular formula is BF3Li3OPS3. The van der Waals surface area contributed by atoms with Crippen LogP contribution < -0.4 is 61.5 Å². The zero-order valence-corrected chi connectivity index (χ0v) is 10.1. The van der Waals surface area contributed by atoms with Crippen LogP contribution in [0.1, 0.15) is 0 Å². The van der Waals surface area contributed by atoms with Gasteiger partial charge >= 0.3 is 64.1 Å². The van der Waals surface area contributed by atoms with Crippen molar-refractivity contribution < 1.29 is 74.4 Å². The molecule has 0 aliphatic rings. The van der Waals surface area contributed by atoms with Gasteiger partial charge in [-0.05, 0) is 0 Å². The summed E-state index contributed by atoms with van der Waals surface area (Å²) in [5, 5.41) is 0. The molecule has 0 aliphatic carbocycles. The van der Waals surface area contributed by atoms with Gasteiger partial charge in [0.25, 0.3) is 0 Å². The molecule has 0 saturated carbocycles. The van der Waals surface area contributed by atoms with Gasteiger partial charge in [0.05, 0.1) is 0 Å². The Balaban J connectivity index is -0.0000000221. The molecule has 0 radical (unpaired) electrons. The van der Waals surface area contributed by atoms with E-state index in [4.69, 9.17) is 0 Å². The second kappa shape index (κ2) is 16.4. The number of hydrogen-bond acceptors (Lipinski definition) is 4. The summed E-state index contributed by atoms with van der Waals surface area (Å²) in [6.45, 7) is 0. The maximum atomic E-state index is 9.67. The molecule has 0 bridgehead atoms. The molecule has 0 amide bonds. The third kappa shape index (κ3) is 212. The van der Waals surface area contributed by atoms with E-state index >= 15 is 0 Å². The van der Waals surface area contributed by atoms with E-state index in [9.17, 15) is 17.8 Å². The zero-order chi connectivity index (χ0) is 8.08. The average Bonchev–Trinajstić information content (AvgIpc) is 1.19. The van der Waals surface area contributed by atoms with E-state index in [-0.39, 0.29) is 56.6 Å². The Bertz CT molecular complexity index is 99.9. The molecule has 0 aromatic carbocycles. The van der Waals surface area contributed by atoms with Crippen LogP contribution in [-0.4, -0.2) is 7.54 Å². The van der Waals surface area contributed by atoms with E-state index in [1.54, 1.807) is 0 Å². The Morgan fingerprint density at radius 1 is 1.08 bits per heavy atom. The summed E-state index contributed by atoms with van der Waals surface area (Å²) in [6.07, 6.45) is 0. The maximum Gasteiger partial charge on any atom is 1.00 e. The van der Waals surface area contributed by atoms with E-state index < -0.39 is 12.2 Å². The fourth-order valence-corrected chi connectivity index (χ4v) is 0. The van der Waals surface area contributed by atoms with Crippen LogP contribution in [0.4, 0.5) is 12.9 Å². The van der Waals surface area contributed by atoms with Gasteiger partial charge < -0.3 is 34.1 Å². The molecule has 12 heteroatoms. The Labute approximate surface area is 122 Å². The monoisotopic (exact) mass is 232 g/mol.